The molecule has 0 heterocycles. The summed E-state index contributed by atoms with van der Waals surface area (Å²) in [5, 5.41) is 4.07. The van der Waals surface area contributed by atoms with Gasteiger partial charge in [-0.2, -0.15) is 13.2 Å². The van der Waals surface area contributed by atoms with Crippen molar-refractivity contribution in [3.05, 3.63) is 0 Å². The highest BCUT2D eigenvalue weighted by molar-refractivity contribution is 7.89. The maximum absolute atomic E-state index is 11.1. The Morgan fingerprint density at radius 1 is 1.23 bits per heavy atom. The first kappa shape index (κ1) is 15.2. The highest BCUT2D eigenvalue weighted by Gasteiger charge is 2.32. The van der Waals surface area contributed by atoms with E-state index < -0.39 is 22.0 Å². The maximum Gasteiger partial charge on any atom is 0.404 e. The Labute approximate surface area is 76.2 Å². The zero-order valence-electron chi connectivity index (χ0n) is 7.72. The zero-order chi connectivity index (χ0) is 11.3. The summed E-state index contributed by atoms with van der Waals surface area (Å²) in [7, 11) is -4.41. The van der Waals surface area contributed by atoms with Crippen LogP contribution < -0.4 is 5.14 Å². The van der Waals surface area contributed by atoms with Crippen molar-refractivity contribution in [2.45, 2.75) is 26.9 Å². The molecule has 0 saturated heterocycles. The van der Waals surface area contributed by atoms with Gasteiger partial charge in [0.2, 0.25) is 10.0 Å². The third kappa shape index (κ3) is 33.9. The number of hydrogen-bond acceptors (Lipinski definition) is 2. The van der Waals surface area contributed by atoms with Crippen LogP contribution in [0.15, 0.2) is 0 Å². The molecule has 0 aromatic rings. The Hall–Kier alpha value is -0.300. The second-order valence-electron chi connectivity index (χ2n) is 3.15. The van der Waals surface area contributed by atoms with Crippen LogP contribution in [-0.2, 0) is 10.0 Å². The molecule has 7 heteroatoms. The molecule has 0 aliphatic rings. The molecule has 3 nitrogen and oxygen atoms in total. The molecule has 0 bridgehead atoms. The van der Waals surface area contributed by atoms with Gasteiger partial charge in [-0.1, -0.05) is 20.8 Å². The first-order chi connectivity index (χ1) is 5.44. The van der Waals surface area contributed by atoms with Crippen LogP contribution in [0.5, 0.6) is 0 Å². The van der Waals surface area contributed by atoms with Gasteiger partial charge >= 0.3 is 6.18 Å². The van der Waals surface area contributed by atoms with Gasteiger partial charge in [-0.15, -0.1) is 0 Å². The Balaban J connectivity index is 0. The lowest BCUT2D eigenvalue weighted by molar-refractivity contribution is -0.106. The quantitative estimate of drug-likeness (QED) is 0.729. The van der Waals surface area contributed by atoms with Crippen molar-refractivity contribution in [1.82, 2.24) is 0 Å². The van der Waals surface area contributed by atoms with E-state index in [2.05, 4.69) is 25.9 Å². The second-order valence-corrected chi connectivity index (χ2v) is 4.77. The molecule has 0 spiro atoms. The minimum absolute atomic E-state index is 0.833. The fourth-order valence-corrected chi connectivity index (χ4v) is 0.684. The number of hydrogen-bond donors (Lipinski definition) is 1. The molecule has 0 saturated carbocycles. The third-order valence-electron chi connectivity index (χ3n) is 0.365. The summed E-state index contributed by atoms with van der Waals surface area (Å²) in [5.41, 5.74) is 0. The average molecular weight is 221 g/mol. The summed E-state index contributed by atoms with van der Waals surface area (Å²) in [4.78, 5) is 0. The van der Waals surface area contributed by atoms with Gasteiger partial charge < -0.3 is 0 Å². The molecule has 0 aliphatic carbocycles. The summed E-state index contributed by atoms with van der Waals surface area (Å²) in [6, 6.07) is 0. The highest BCUT2D eigenvalue weighted by atomic mass is 32.2. The first-order valence-electron chi connectivity index (χ1n) is 3.51. The second kappa shape index (κ2) is 5.43. The highest BCUT2D eigenvalue weighted by Crippen LogP contribution is 2.15. The summed E-state index contributed by atoms with van der Waals surface area (Å²) >= 11 is 0. The molecule has 0 radical (unpaired) electrons. The Morgan fingerprint density at radius 2 is 1.46 bits per heavy atom. The van der Waals surface area contributed by atoms with Gasteiger partial charge in [0.15, 0.2) is 5.75 Å². The van der Waals surface area contributed by atoms with Gasteiger partial charge in [-0.05, 0) is 5.92 Å². The molecule has 2 N–H and O–H groups in total. The molecule has 0 aromatic carbocycles. The van der Waals surface area contributed by atoms with Crippen LogP contribution in [0.25, 0.3) is 0 Å². The third-order valence-corrected chi connectivity index (χ3v) is 1.09. The topological polar surface area (TPSA) is 60.2 Å². The minimum Gasteiger partial charge on any atom is -0.228 e. The summed E-state index contributed by atoms with van der Waals surface area (Å²) in [6.45, 7) is 6.50. The molecule has 0 aromatic heterocycles. The maximum atomic E-state index is 11.1. The Bertz CT molecular complexity index is 218. The van der Waals surface area contributed by atoms with Gasteiger partial charge in [-0.3, -0.25) is 0 Å². The molecule has 13 heavy (non-hydrogen) atoms. The van der Waals surface area contributed by atoms with Crippen molar-refractivity contribution in [2.24, 2.45) is 11.1 Å². The van der Waals surface area contributed by atoms with E-state index in [-0.39, 0.29) is 0 Å². The van der Waals surface area contributed by atoms with E-state index in [1.54, 1.807) is 0 Å². The van der Waals surface area contributed by atoms with Crippen molar-refractivity contribution in [3.8, 4) is 0 Å². The molecule has 0 rings (SSSR count). The zero-order valence-corrected chi connectivity index (χ0v) is 8.54. The molecule has 0 aliphatic heterocycles. The van der Waals surface area contributed by atoms with Gasteiger partial charge in [0, 0.05) is 0 Å². The molecular weight excluding hydrogens is 207 g/mol. The lowest BCUT2D eigenvalue weighted by Crippen LogP contribution is -2.28. The smallest absolute Gasteiger partial charge is 0.228 e. The summed E-state index contributed by atoms with van der Waals surface area (Å²) in [5.74, 6) is -1.13. The SMILES string of the molecule is CC(C)C.NS(=O)(=O)CC(F)(F)F. The Morgan fingerprint density at radius 3 is 1.46 bits per heavy atom. The van der Waals surface area contributed by atoms with Crippen LogP contribution in [0, 0.1) is 5.92 Å². The minimum atomic E-state index is -4.73. The van der Waals surface area contributed by atoms with Crippen molar-refractivity contribution < 1.29 is 21.6 Å². The molecule has 82 valence electrons. The molecule has 0 atom stereocenters. The van der Waals surface area contributed by atoms with Crippen molar-refractivity contribution in [2.75, 3.05) is 5.75 Å². The van der Waals surface area contributed by atoms with Crippen LogP contribution in [-0.4, -0.2) is 20.3 Å². The fourth-order valence-electron chi connectivity index (χ4n) is 0.228. The van der Waals surface area contributed by atoms with Crippen molar-refractivity contribution >= 4 is 10.0 Å². The monoisotopic (exact) mass is 221 g/mol. The number of nitrogens with two attached hydrogens (primary N) is 1. The van der Waals surface area contributed by atoms with E-state index in [0.717, 1.165) is 5.92 Å². The summed E-state index contributed by atoms with van der Waals surface area (Å²) in [6.07, 6.45) is -4.73. The van der Waals surface area contributed by atoms with E-state index in [0.29, 0.717) is 0 Å². The van der Waals surface area contributed by atoms with Crippen molar-refractivity contribution in [3.63, 3.8) is 0 Å². The van der Waals surface area contributed by atoms with Crippen LogP contribution in [0.4, 0.5) is 13.2 Å². The summed E-state index contributed by atoms with van der Waals surface area (Å²) < 4.78 is 52.7. The van der Waals surface area contributed by atoms with E-state index in [1.165, 1.54) is 0 Å². The van der Waals surface area contributed by atoms with Gasteiger partial charge in [0.25, 0.3) is 0 Å². The number of alkyl halides is 3. The normalized spacial score (nSPS) is 12.3. The predicted molar refractivity (Wildman–Crippen MR) is 44.5 cm³/mol. The van der Waals surface area contributed by atoms with E-state index >= 15 is 0 Å². The number of primary sulfonamides is 1. The van der Waals surface area contributed by atoms with Gasteiger partial charge in [-0.25, -0.2) is 13.6 Å². The average Bonchev–Trinajstić information content (AvgIpc) is 1.47. The van der Waals surface area contributed by atoms with Crippen LogP contribution >= 0.6 is 0 Å². The fraction of sp³-hybridized carbons (Fsp3) is 1.00. The van der Waals surface area contributed by atoms with Gasteiger partial charge in [0.05, 0.1) is 0 Å². The molecule has 0 fully saturated rings. The van der Waals surface area contributed by atoms with Crippen LogP contribution in [0.3, 0.4) is 0 Å². The predicted octanol–water partition coefficient (Wildman–Crippen LogP) is 1.50. The molecule has 0 amide bonds. The number of halogens is 3. The van der Waals surface area contributed by atoms with E-state index in [9.17, 15) is 21.6 Å². The molecular formula is C6H14F3NO2S. The lowest BCUT2D eigenvalue weighted by Gasteiger charge is -2.01. The van der Waals surface area contributed by atoms with Crippen molar-refractivity contribution in [1.29, 1.82) is 0 Å². The molecule has 0 unspecified atom stereocenters. The van der Waals surface area contributed by atoms with E-state index in [1.807, 2.05) is 0 Å². The standard InChI is InChI=1S/C4H10.C2H4F3NO2S/c1-4(2)3;3-2(4,5)1-9(6,7)8/h4H,1-3H3;1H2,(H2,6,7,8). The first-order valence-corrected chi connectivity index (χ1v) is 5.23. The number of sulfonamides is 1. The van der Waals surface area contributed by atoms with E-state index in [4.69, 9.17) is 0 Å². The van der Waals surface area contributed by atoms with Gasteiger partial charge in [0.1, 0.15) is 0 Å². The van der Waals surface area contributed by atoms with Crippen LogP contribution in [0.2, 0.25) is 0 Å². The largest absolute Gasteiger partial charge is 0.404 e. The van der Waals surface area contributed by atoms with Crippen LogP contribution in [0.1, 0.15) is 20.8 Å². The Kier molecular flexibility index (Phi) is 6.35. The lowest BCUT2D eigenvalue weighted by atomic mass is 10.3. The number of rotatable bonds is 1.